The lowest BCUT2D eigenvalue weighted by Crippen LogP contribution is -1.83. The molecule has 0 saturated carbocycles. The summed E-state index contributed by atoms with van der Waals surface area (Å²) < 4.78 is 6.15. The van der Waals surface area contributed by atoms with E-state index in [1.807, 2.05) is 0 Å². The maximum atomic E-state index is 5.09. The number of rotatable bonds is 1. The van der Waals surface area contributed by atoms with E-state index >= 15 is 0 Å². The van der Waals surface area contributed by atoms with E-state index in [1.165, 1.54) is 0 Å². The molecule has 0 bridgehead atoms. The van der Waals surface area contributed by atoms with Gasteiger partial charge in [-0.2, -0.15) is 0 Å². The van der Waals surface area contributed by atoms with Gasteiger partial charge in [0.25, 0.3) is 0 Å². The number of pyridine rings is 1. The van der Waals surface area contributed by atoms with Crippen molar-refractivity contribution in [2.45, 2.75) is 0 Å². The Morgan fingerprint density at radius 1 is 1.45 bits per heavy atom. The Hall–Kier alpha value is -1.16. The van der Waals surface area contributed by atoms with Crippen molar-refractivity contribution < 1.29 is 4.74 Å². The zero-order chi connectivity index (χ0) is 7.68. The zero-order valence-corrected chi connectivity index (χ0v) is 6.76. The summed E-state index contributed by atoms with van der Waals surface area (Å²) in [5.41, 5.74) is 2.68. The maximum Gasteiger partial charge on any atom is 0.156 e. The van der Waals surface area contributed by atoms with Gasteiger partial charge in [0, 0.05) is 0 Å². The van der Waals surface area contributed by atoms with E-state index in [4.69, 9.17) is 4.74 Å². The first-order valence-electron chi connectivity index (χ1n) is 3.13. The van der Waals surface area contributed by atoms with E-state index in [0.29, 0.717) is 0 Å². The topological polar surface area (TPSA) is 35.0 Å². The normalized spacial score (nSPS) is 10.3. The van der Waals surface area contributed by atoms with Crippen molar-refractivity contribution in [2.24, 2.45) is 0 Å². The van der Waals surface area contributed by atoms with E-state index < -0.39 is 0 Å². The molecule has 0 aliphatic heterocycles. The summed E-state index contributed by atoms with van der Waals surface area (Å²) in [4.78, 5) is 8.08. The number of thiazole rings is 1. The average Bonchev–Trinajstić information content (AvgIpc) is 2.50. The number of ether oxygens (including phenoxy) is 1. The smallest absolute Gasteiger partial charge is 0.156 e. The molecule has 0 N–H and O–H groups in total. The largest absolute Gasteiger partial charge is 0.494 e. The molecule has 56 valence electrons. The second-order valence-electron chi connectivity index (χ2n) is 2.04. The van der Waals surface area contributed by atoms with Gasteiger partial charge in [0.05, 0.1) is 29.7 Å². The van der Waals surface area contributed by atoms with Crippen molar-refractivity contribution in [3.63, 3.8) is 0 Å². The molecule has 2 aromatic heterocycles. The molecule has 0 aliphatic carbocycles. The molecule has 0 spiro atoms. The van der Waals surface area contributed by atoms with E-state index in [1.54, 1.807) is 36.4 Å². The quantitative estimate of drug-likeness (QED) is 0.646. The van der Waals surface area contributed by atoms with Gasteiger partial charge < -0.3 is 4.74 Å². The van der Waals surface area contributed by atoms with Crippen molar-refractivity contribution in [2.75, 3.05) is 7.11 Å². The van der Waals surface area contributed by atoms with Crippen molar-refractivity contribution in [1.82, 2.24) is 9.97 Å². The lowest BCUT2D eigenvalue weighted by molar-refractivity contribution is 0.418. The first kappa shape index (κ1) is 6.54. The summed E-state index contributed by atoms with van der Waals surface area (Å²) in [5, 5.41) is 0. The van der Waals surface area contributed by atoms with Crippen LogP contribution in [0.25, 0.3) is 10.2 Å². The van der Waals surface area contributed by atoms with Gasteiger partial charge in [-0.15, -0.1) is 11.3 Å². The Bertz CT molecular complexity index is 371. The molecular formula is C7H6N2OS. The van der Waals surface area contributed by atoms with Crippen molar-refractivity contribution in [3.8, 4) is 5.75 Å². The molecular weight excluding hydrogens is 160 g/mol. The van der Waals surface area contributed by atoms with Gasteiger partial charge in [0.1, 0.15) is 5.52 Å². The fraction of sp³-hybridized carbons (Fsp3) is 0.143. The van der Waals surface area contributed by atoms with Crippen LogP contribution in [0.2, 0.25) is 0 Å². The van der Waals surface area contributed by atoms with Crippen molar-refractivity contribution in [3.05, 3.63) is 17.9 Å². The monoisotopic (exact) mass is 166 g/mol. The molecule has 0 aliphatic rings. The van der Waals surface area contributed by atoms with Gasteiger partial charge in [-0.3, -0.25) is 4.98 Å². The highest BCUT2D eigenvalue weighted by Crippen LogP contribution is 2.26. The standard InChI is InChI=1S/C7H6N2OS/c1-10-6-3-8-2-5-7(6)11-4-9-5/h2-4H,1H3. The predicted molar refractivity (Wildman–Crippen MR) is 44.0 cm³/mol. The van der Waals surface area contributed by atoms with Crippen LogP contribution < -0.4 is 4.74 Å². The molecule has 0 radical (unpaired) electrons. The molecule has 0 atom stereocenters. The van der Waals surface area contributed by atoms with Crippen molar-refractivity contribution in [1.29, 1.82) is 0 Å². The number of nitrogens with zero attached hydrogens (tertiary/aromatic N) is 2. The first-order valence-corrected chi connectivity index (χ1v) is 4.01. The van der Waals surface area contributed by atoms with Gasteiger partial charge >= 0.3 is 0 Å². The van der Waals surface area contributed by atoms with Crippen LogP contribution >= 0.6 is 11.3 Å². The van der Waals surface area contributed by atoms with Crippen LogP contribution in [0.3, 0.4) is 0 Å². The predicted octanol–water partition coefficient (Wildman–Crippen LogP) is 1.70. The molecule has 2 rings (SSSR count). The Kier molecular flexibility index (Phi) is 1.47. The molecule has 0 unspecified atom stereocenters. The average molecular weight is 166 g/mol. The Morgan fingerprint density at radius 3 is 3.18 bits per heavy atom. The molecule has 3 nitrogen and oxygen atoms in total. The Labute approximate surface area is 67.7 Å². The fourth-order valence-electron chi connectivity index (χ4n) is 0.911. The second kappa shape index (κ2) is 2.47. The van der Waals surface area contributed by atoms with E-state index in [0.717, 1.165) is 16.0 Å². The molecule has 0 fully saturated rings. The minimum Gasteiger partial charge on any atom is -0.494 e. The molecule has 0 amide bonds. The Balaban J connectivity index is 2.79. The third kappa shape index (κ3) is 0.952. The highest BCUT2D eigenvalue weighted by Gasteiger charge is 2.02. The van der Waals surface area contributed by atoms with Crippen LogP contribution in [0.5, 0.6) is 5.75 Å². The lowest BCUT2D eigenvalue weighted by atomic mass is 10.4. The summed E-state index contributed by atoms with van der Waals surface area (Å²) in [5.74, 6) is 0.796. The van der Waals surface area contributed by atoms with Crippen LogP contribution in [0, 0.1) is 0 Å². The SMILES string of the molecule is COc1cncc2ncsc12. The second-order valence-corrected chi connectivity index (χ2v) is 2.90. The molecule has 0 saturated heterocycles. The van der Waals surface area contributed by atoms with Gasteiger partial charge in [0.2, 0.25) is 0 Å². The molecule has 2 heterocycles. The summed E-state index contributed by atoms with van der Waals surface area (Å²) in [6.07, 6.45) is 3.43. The summed E-state index contributed by atoms with van der Waals surface area (Å²) >= 11 is 1.56. The van der Waals surface area contributed by atoms with Crippen LogP contribution in [-0.2, 0) is 0 Å². The number of hydrogen-bond acceptors (Lipinski definition) is 4. The van der Waals surface area contributed by atoms with Crippen molar-refractivity contribution >= 4 is 21.6 Å². The first-order chi connectivity index (χ1) is 5.42. The van der Waals surface area contributed by atoms with Gasteiger partial charge in [0.15, 0.2) is 5.75 Å². The molecule has 4 heteroatoms. The van der Waals surface area contributed by atoms with E-state index in [9.17, 15) is 0 Å². The fourth-order valence-corrected chi connectivity index (χ4v) is 1.66. The third-order valence-electron chi connectivity index (χ3n) is 1.43. The van der Waals surface area contributed by atoms with Gasteiger partial charge in [-0.05, 0) is 0 Å². The summed E-state index contributed by atoms with van der Waals surface area (Å²) in [6, 6.07) is 0. The number of hydrogen-bond donors (Lipinski definition) is 0. The minimum atomic E-state index is 0.796. The van der Waals surface area contributed by atoms with Crippen LogP contribution in [0.15, 0.2) is 17.9 Å². The molecule has 2 aromatic rings. The summed E-state index contributed by atoms with van der Waals surface area (Å²) in [6.45, 7) is 0. The highest BCUT2D eigenvalue weighted by atomic mass is 32.1. The maximum absolute atomic E-state index is 5.09. The van der Waals surface area contributed by atoms with Gasteiger partial charge in [-0.1, -0.05) is 0 Å². The van der Waals surface area contributed by atoms with E-state index in [2.05, 4.69) is 9.97 Å². The lowest BCUT2D eigenvalue weighted by Gasteiger charge is -1.97. The highest BCUT2D eigenvalue weighted by molar-refractivity contribution is 7.17. The van der Waals surface area contributed by atoms with Crippen LogP contribution in [0.4, 0.5) is 0 Å². The molecule has 0 aromatic carbocycles. The minimum absolute atomic E-state index is 0.796. The number of fused-ring (bicyclic) bond motifs is 1. The van der Waals surface area contributed by atoms with Gasteiger partial charge in [-0.25, -0.2) is 4.98 Å². The number of aromatic nitrogens is 2. The Morgan fingerprint density at radius 2 is 2.36 bits per heavy atom. The van der Waals surface area contributed by atoms with Crippen LogP contribution in [-0.4, -0.2) is 17.1 Å². The third-order valence-corrected chi connectivity index (χ3v) is 2.28. The molecule has 11 heavy (non-hydrogen) atoms. The van der Waals surface area contributed by atoms with E-state index in [-0.39, 0.29) is 0 Å². The zero-order valence-electron chi connectivity index (χ0n) is 5.94. The number of methoxy groups -OCH3 is 1. The van der Waals surface area contributed by atoms with Crippen LogP contribution in [0.1, 0.15) is 0 Å². The summed E-state index contributed by atoms with van der Waals surface area (Å²) in [7, 11) is 1.64.